The first kappa shape index (κ1) is 19.4. The van der Waals surface area contributed by atoms with Crippen LogP contribution >= 0.6 is 0 Å². The van der Waals surface area contributed by atoms with E-state index in [-0.39, 0.29) is 5.92 Å². The molecule has 1 saturated heterocycles. The summed E-state index contributed by atoms with van der Waals surface area (Å²) in [6, 6.07) is 12.8. The first-order valence-electron chi connectivity index (χ1n) is 11.8. The Morgan fingerprint density at radius 1 is 1.06 bits per heavy atom. The molecule has 1 aliphatic carbocycles. The molecule has 6 nitrogen and oxygen atoms in total. The number of nitrogens with two attached hydrogens (primary N) is 1. The number of fused-ring (bicyclic) bond motifs is 2. The van der Waals surface area contributed by atoms with Crippen molar-refractivity contribution in [2.75, 3.05) is 18.8 Å². The lowest BCUT2D eigenvalue weighted by molar-refractivity contribution is -0.136. The minimum atomic E-state index is 0.264. The summed E-state index contributed by atoms with van der Waals surface area (Å²) in [6.45, 7) is 1.69. The number of hydrogen-bond donors (Lipinski definition) is 2. The van der Waals surface area contributed by atoms with Gasteiger partial charge in [0.15, 0.2) is 0 Å². The van der Waals surface area contributed by atoms with Crippen molar-refractivity contribution in [2.45, 2.75) is 44.4 Å². The number of para-hydroxylation sites is 1. The molecule has 0 bridgehead atoms. The van der Waals surface area contributed by atoms with Crippen LogP contribution in [0.25, 0.3) is 27.7 Å². The summed E-state index contributed by atoms with van der Waals surface area (Å²) in [5.41, 5.74) is 11.8. The van der Waals surface area contributed by atoms with Crippen molar-refractivity contribution in [3.8, 4) is 11.3 Å². The molecule has 2 aliphatic rings. The van der Waals surface area contributed by atoms with E-state index >= 15 is 0 Å². The van der Waals surface area contributed by atoms with E-state index in [1.807, 2.05) is 12.3 Å². The number of amides is 1. The summed E-state index contributed by atoms with van der Waals surface area (Å²) in [5.74, 6) is 1.59. The number of piperidine rings is 1. The Morgan fingerprint density at radius 3 is 2.62 bits per heavy atom. The number of carbonyl (C=O) groups is 1. The molecule has 4 aromatic rings. The van der Waals surface area contributed by atoms with Crippen molar-refractivity contribution >= 4 is 28.1 Å². The molecule has 1 amide bonds. The van der Waals surface area contributed by atoms with Crippen LogP contribution in [0.3, 0.4) is 0 Å². The Balaban J connectivity index is 1.33. The van der Waals surface area contributed by atoms with Crippen molar-refractivity contribution in [1.29, 1.82) is 0 Å². The molecule has 2 fully saturated rings. The van der Waals surface area contributed by atoms with Crippen LogP contribution in [0, 0.1) is 5.92 Å². The highest BCUT2D eigenvalue weighted by Crippen LogP contribution is 2.38. The van der Waals surface area contributed by atoms with Crippen molar-refractivity contribution in [1.82, 2.24) is 19.3 Å². The van der Waals surface area contributed by atoms with E-state index in [9.17, 15) is 4.79 Å². The van der Waals surface area contributed by atoms with Crippen molar-refractivity contribution in [3.63, 3.8) is 0 Å². The number of aromatic amines is 1. The standard InChI is InChI=1S/C26H29N5O/c27-25-24-20(22-15-19-7-3-4-8-21(19)29-22)16-23(31(24)14-11-28-25)17-9-12-30(13-10-17)26(32)18-5-1-2-6-18/h3-4,7-8,11,14-18,29H,1-2,5-6,9-10,12-13H2,(H2,27,28). The Morgan fingerprint density at radius 2 is 1.84 bits per heavy atom. The molecular weight excluding hydrogens is 398 g/mol. The second-order valence-corrected chi connectivity index (χ2v) is 9.37. The molecule has 1 aliphatic heterocycles. The van der Waals surface area contributed by atoms with Gasteiger partial charge in [-0.1, -0.05) is 31.0 Å². The first-order chi connectivity index (χ1) is 15.7. The molecule has 6 rings (SSSR count). The quantitative estimate of drug-likeness (QED) is 0.485. The molecule has 0 unspecified atom stereocenters. The molecule has 3 N–H and O–H groups in total. The molecule has 0 spiro atoms. The number of aromatic nitrogens is 3. The molecule has 0 atom stereocenters. The number of anilines is 1. The number of nitrogen functional groups attached to an aromatic ring is 1. The number of nitrogens with one attached hydrogen (secondary N) is 1. The molecule has 1 saturated carbocycles. The molecule has 32 heavy (non-hydrogen) atoms. The van der Waals surface area contributed by atoms with Crippen LogP contribution in [0.15, 0.2) is 48.8 Å². The smallest absolute Gasteiger partial charge is 0.225 e. The SMILES string of the molecule is Nc1nccn2c(C3CCN(C(=O)C4CCCC4)CC3)cc(-c3cc4ccccc4[nH]3)c12. The maximum absolute atomic E-state index is 12.9. The van der Waals surface area contributed by atoms with Gasteiger partial charge >= 0.3 is 0 Å². The van der Waals surface area contributed by atoms with Crippen LogP contribution in [0.2, 0.25) is 0 Å². The fourth-order valence-electron chi connectivity index (χ4n) is 5.77. The van der Waals surface area contributed by atoms with Gasteiger partial charge in [0.25, 0.3) is 0 Å². The maximum Gasteiger partial charge on any atom is 0.225 e. The second kappa shape index (κ2) is 7.69. The number of nitrogens with zero attached hydrogens (tertiary/aromatic N) is 3. The average Bonchev–Trinajstić information content (AvgIpc) is 3.57. The van der Waals surface area contributed by atoms with Gasteiger partial charge in [0.1, 0.15) is 5.82 Å². The molecule has 6 heteroatoms. The van der Waals surface area contributed by atoms with Gasteiger partial charge in [0.05, 0.1) is 5.52 Å². The average molecular weight is 428 g/mol. The summed E-state index contributed by atoms with van der Waals surface area (Å²) >= 11 is 0. The molecule has 164 valence electrons. The van der Waals surface area contributed by atoms with Gasteiger partial charge in [-0.15, -0.1) is 0 Å². The third kappa shape index (κ3) is 3.17. The van der Waals surface area contributed by atoms with Crippen LogP contribution in [-0.4, -0.2) is 38.3 Å². The Bertz CT molecular complexity index is 1260. The number of rotatable bonds is 3. The third-order valence-electron chi connectivity index (χ3n) is 7.49. The molecule has 0 radical (unpaired) electrons. The highest BCUT2D eigenvalue weighted by molar-refractivity contribution is 5.93. The number of H-pyrrole nitrogens is 1. The van der Waals surface area contributed by atoms with E-state index < -0.39 is 0 Å². The zero-order valence-corrected chi connectivity index (χ0v) is 18.3. The van der Waals surface area contributed by atoms with Crippen LogP contribution in [0.4, 0.5) is 5.82 Å². The van der Waals surface area contributed by atoms with Crippen LogP contribution in [0.5, 0.6) is 0 Å². The van der Waals surface area contributed by atoms with E-state index in [2.05, 4.69) is 49.6 Å². The van der Waals surface area contributed by atoms with Crippen molar-refractivity contribution in [2.24, 2.45) is 5.92 Å². The highest BCUT2D eigenvalue weighted by atomic mass is 16.2. The first-order valence-corrected chi connectivity index (χ1v) is 11.8. The number of benzene rings is 1. The summed E-state index contributed by atoms with van der Waals surface area (Å²) in [5, 5.41) is 1.18. The highest BCUT2D eigenvalue weighted by Gasteiger charge is 2.31. The molecule has 1 aromatic carbocycles. The predicted molar refractivity (Wildman–Crippen MR) is 127 cm³/mol. The number of likely N-dealkylation sites (tertiary alicyclic amines) is 1. The van der Waals surface area contributed by atoms with Crippen molar-refractivity contribution in [3.05, 3.63) is 54.5 Å². The largest absolute Gasteiger partial charge is 0.382 e. The fourth-order valence-corrected chi connectivity index (χ4v) is 5.77. The summed E-state index contributed by atoms with van der Waals surface area (Å²) in [7, 11) is 0. The fraction of sp³-hybridized carbons (Fsp3) is 0.385. The summed E-state index contributed by atoms with van der Waals surface area (Å²) in [6.07, 6.45) is 10.3. The van der Waals surface area contributed by atoms with Crippen LogP contribution in [-0.2, 0) is 4.79 Å². The van der Waals surface area contributed by atoms with Gasteiger partial charge in [0.2, 0.25) is 5.91 Å². The Labute approximate surface area is 187 Å². The minimum absolute atomic E-state index is 0.264. The topological polar surface area (TPSA) is 79.4 Å². The van der Waals surface area contributed by atoms with Gasteiger partial charge in [-0.2, -0.15) is 0 Å². The lowest BCUT2D eigenvalue weighted by Gasteiger charge is -2.33. The van der Waals surface area contributed by atoms with E-state index in [4.69, 9.17) is 5.73 Å². The van der Waals surface area contributed by atoms with Gasteiger partial charge in [-0.25, -0.2) is 4.98 Å². The van der Waals surface area contributed by atoms with E-state index in [0.717, 1.165) is 61.1 Å². The van der Waals surface area contributed by atoms with Crippen LogP contribution in [0.1, 0.15) is 50.1 Å². The lowest BCUT2D eigenvalue weighted by Crippen LogP contribution is -2.40. The normalized spacial score (nSPS) is 18.2. The monoisotopic (exact) mass is 427 g/mol. The summed E-state index contributed by atoms with van der Waals surface area (Å²) in [4.78, 5) is 22.9. The zero-order valence-electron chi connectivity index (χ0n) is 18.3. The minimum Gasteiger partial charge on any atom is -0.382 e. The zero-order chi connectivity index (χ0) is 21.7. The van der Waals surface area contributed by atoms with Gasteiger partial charge in [0, 0.05) is 65.2 Å². The Kier molecular flexibility index (Phi) is 4.67. The maximum atomic E-state index is 12.9. The summed E-state index contributed by atoms with van der Waals surface area (Å²) < 4.78 is 2.21. The third-order valence-corrected chi connectivity index (χ3v) is 7.49. The van der Waals surface area contributed by atoms with Crippen LogP contribution < -0.4 is 5.73 Å². The molecule has 3 aromatic heterocycles. The van der Waals surface area contributed by atoms with E-state index in [0.29, 0.717) is 17.6 Å². The number of carbonyl (C=O) groups excluding carboxylic acids is 1. The van der Waals surface area contributed by atoms with Crippen molar-refractivity contribution < 1.29 is 4.79 Å². The second-order valence-electron chi connectivity index (χ2n) is 9.37. The van der Waals surface area contributed by atoms with Gasteiger partial charge in [-0.05, 0) is 43.9 Å². The van der Waals surface area contributed by atoms with Gasteiger partial charge in [-0.3, -0.25) is 4.79 Å². The van der Waals surface area contributed by atoms with E-state index in [1.54, 1.807) is 6.20 Å². The molecular formula is C26H29N5O. The Hall–Kier alpha value is -3.28. The van der Waals surface area contributed by atoms with E-state index in [1.165, 1.54) is 23.9 Å². The lowest BCUT2D eigenvalue weighted by atomic mass is 9.92. The number of hydrogen-bond acceptors (Lipinski definition) is 3. The molecule has 4 heterocycles. The predicted octanol–water partition coefficient (Wildman–Crippen LogP) is 4.96. The van der Waals surface area contributed by atoms with Gasteiger partial charge < -0.3 is 20.0 Å².